The van der Waals surface area contributed by atoms with Crippen molar-refractivity contribution in [3.05, 3.63) is 42.0 Å². The van der Waals surface area contributed by atoms with Gasteiger partial charge in [-0.1, -0.05) is 11.8 Å². The summed E-state index contributed by atoms with van der Waals surface area (Å²) in [7, 11) is -3.92. The molecule has 104 valence electrons. The molecular formula is C12H10FN3O3S. The lowest BCUT2D eigenvalue weighted by molar-refractivity contribution is 0.350. The first-order valence-corrected chi connectivity index (χ1v) is 6.92. The largest absolute Gasteiger partial charge is 0.384 e. The Morgan fingerprint density at radius 1 is 1.45 bits per heavy atom. The third kappa shape index (κ3) is 3.14. The summed E-state index contributed by atoms with van der Waals surface area (Å²) >= 11 is 0. The minimum Gasteiger partial charge on any atom is -0.384 e. The molecule has 0 aliphatic heterocycles. The van der Waals surface area contributed by atoms with Gasteiger partial charge in [0.05, 0.1) is 11.9 Å². The first-order chi connectivity index (χ1) is 9.53. The van der Waals surface area contributed by atoms with Gasteiger partial charge in [0.15, 0.2) is 0 Å². The Morgan fingerprint density at radius 3 is 2.90 bits per heavy atom. The predicted molar refractivity (Wildman–Crippen MR) is 69.8 cm³/mol. The molecule has 1 aromatic heterocycles. The number of aliphatic hydroxyl groups is 1. The molecule has 0 atom stereocenters. The van der Waals surface area contributed by atoms with Gasteiger partial charge in [-0.25, -0.2) is 12.8 Å². The number of aromatic nitrogens is 2. The summed E-state index contributed by atoms with van der Waals surface area (Å²) in [6, 6.07) is 3.12. The molecule has 0 fully saturated rings. The summed E-state index contributed by atoms with van der Waals surface area (Å²) in [5, 5.41) is 14.7. The fourth-order valence-corrected chi connectivity index (χ4v) is 2.66. The van der Waals surface area contributed by atoms with E-state index in [1.165, 1.54) is 12.4 Å². The summed E-state index contributed by atoms with van der Waals surface area (Å²) < 4.78 is 39.8. The summed E-state index contributed by atoms with van der Waals surface area (Å²) in [6.07, 6.45) is 2.65. The molecule has 0 unspecified atom stereocenters. The van der Waals surface area contributed by atoms with Crippen LogP contribution in [0.3, 0.4) is 0 Å². The minimum absolute atomic E-state index is 0.0324. The van der Waals surface area contributed by atoms with E-state index in [1.54, 1.807) is 0 Å². The lowest BCUT2D eigenvalue weighted by Gasteiger charge is -2.08. The van der Waals surface area contributed by atoms with Gasteiger partial charge in [0, 0.05) is 11.8 Å². The molecule has 1 aromatic carbocycles. The normalized spacial score (nSPS) is 10.7. The fraction of sp³-hybridized carbons (Fsp3) is 0.0833. The van der Waals surface area contributed by atoms with Crippen LogP contribution in [0.4, 0.5) is 10.1 Å². The molecule has 0 saturated heterocycles. The number of anilines is 1. The van der Waals surface area contributed by atoms with Gasteiger partial charge in [-0.3, -0.25) is 9.82 Å². The standard InChI is InChI=1S/C12H10FN3O3S/c13-10-3-4-12(9(6-10)2-1-5-17)20(18,19)16-11-7-14-15-8-11/h3-4,6-8,16-17H,5H2,(H,14,15). The van der Waals surface area contributed by atoms with Crippen LogP contribution >= 0.6 is 0 Å². The van der Waals surface area contributed by atoms with Crippen molar-refractivity contribution in [1.29, 1.82) is 0 Å². The first kappa shape index (κ1) is 14.0. The zero-order valence-electron chi connectivity index (χ0n) is 10.1. The highest BCUT2D eigenvalue weighted by Crippen LogP contribution is 2.19. The summed E-state index contributed by atoms with van der Waals surface area (Å²) in [5.74, 6) is 4.08. The molecule has 0 saturated carbocycles. The van der Waals surface area contributed by atoms with E-state index in [2.05, 4.69) is 26.8 Å². The van der Waals surface area contributed by atoms with Gasteiger partial charge in [0.1, 0.15) is 17.3 Å². The van der Waals surface area contributed by atoms with Gasteiger partial charge >= 0.3 is 0 Å². The van der Waals surface area contributed by atoms with Crippen molar-refractivity contribution in [2.75, 3.05) is 11.3 Å². The number of aromatic amines is 1. The Balaban J connectivity index is 2.45. The molecule has 0 bridgehead atoms. The van der Waals surface area contributed by atoms with Crippen molar-refractivity contribution < 1.29 is 17.9 Å². The number of nitrogens with one attached hydrogen (secondary N) is 2. The second-order valence-corrected chi connectivity index (χ2v) is 5.34. The Hall–Kier alpha value is -2.37. The van der Waals surface area contributed by atoms with Crippen LogP contribution < -0.4 is 4.72 Å². The van der Waals surface area contributed by atoms with E-state index in [0.717, 1.165) is 18.2 Å². The van der Waals surface area contributed by atoms with Crippen LogP contribution in [-0.2, 0) is 10.0 Å². The van der Waals surface area contributed by atoms with Crippen molar-refractivity contribution >= 4 is 15.7 Å². The molecule has 0 amide bonds. The SMILES string of the molecule is O=S(=O)(Nc1cn[nH]c1)c1ccc(F)cc1C#CCO. The molecular weight excluding hydrogens is 285 g/mol. The molecule has 20 heavy (non-hydrogen) atoms. The van der Waals surface area contributed by atoms with Crippen LogP contribution in [0.1, 0.15) is 5.56 Å². The topological polar surface area (TPSA) is 95.1 Å². The second-order valence-electron chi connectivity index (χ2n) is 3.69. The second kappa shape index (κ2) is 5.73. The number of rotatable bonds is 3. The maximum Gasteiger partial charge on any atom is 0.263 e. The Morgan fingerprint density at radius 2 is 2.25 bits per heavy atom. The zero-order chi connectivity index (χ0) is 14.6. The molecule has 0 spiro atoms. The predicted octanol–water partition coefficient (Wildman–Crippen LogP) is 0.693. The number of H-pyrrole nitrogens is 1. The van der Waals surface area contributed by atoms with Crippen LogP contribution in [0.25, 0.3) is 0 Å². The third-order valence-corrected chi connectivity index (χ3v) is 3.72. The van der Waals surface area contributed by atoms with Gasteiger partial charge < -0.3 is 5.11 Å². The zero-order valence-corrected chi connectivity index (χ0v) is 10.9. The van der Waals surface area contributed by atoms with E-state index >= 15 is 0 Å². The maximum absolute atomic E-state index is 13.2. The molecule has 0 aliphatic carbocycles. The molecule has 0 radical (unpaired) electrons. The van der Waals surface area contributed by atoms with Crippen LogP contribution in [0.5, 0.6) is 0 Å². The number of sulfonamides is 1. The third-order valence-electron chi connectivity index (χ3n) is 2.28. The molecule has 2 rings (SSSR count). The van der Waals surface area contributed by atoms with Gasteiger partial charge in [-0.15, -0.1) is 0 Å². The van der Waals surface area contributed by atoms with E-state index in [-0.39, 0.29) is 16.1 Å². The molecule has 0 aliphatic rings. The fourth-order valence-electron chi connectivity index (χ4n) is 1.49. The first-order valence-electron chi connectivity index (χ1n) is 5.44. The van der Waals surface area contributed by atoms with Crippen LogP contribution in [0.15, 0.2) is 35.5 Å². The number of benzene rings is 1. The number of aliphatic hydroxyl groups excluding tert-OH is 1. The average Bonchev–Trinajstić information content (AvgIpc) is 2.88. The van der Waals surface area contributed by atoms with Gasteiger partial charge in [0.25, 0.3) is 10.0 Å². The number of halogens is 1. The summed E-state index contributed by atoms with van der Waals surface area (Å²) in [6.45, 7) is -0.453. The van der Waals surface area contributed by atoms with Crippen LogP contribution in [0.2, 0.25) is 0 Å². The molecule has 6 nitrogen and oxygen atoms in total. The lowest BCUT2D eigenvalue weighted by atomic mass is 10.2. The van der Waals surface area contributed by atoms with Gasteiger partial charge in [0.2, 0.25) is 0 Å². The van der Waals surface area contributed by atoms with Crippen LogP contribution in [-0.4, -0.2) is 30.3 Å². The van der Waals surface area contributed by atoms with Crippen LogP contribution in [0, 0.1) is 17.7 Å². The van der Waals surface area contributed by atoms with Crippen molar-refractivity contribution in [3.63, 3.8) is 0 Å². The van der Waals surface area contributed by atoms with E-state index in [9.17, 15) is 12.8 Å². The van der Waals surface area contributed by atoms with Crippen molar-refractivity contribution in [2.45, 2.75) is 4.90 Å². The molecule has 2 aromatic rings. The van der Waals surface area contributed by atoms with Crippen molar-refractivity contribution in [2.24, 2.45) is 0 Å². The highest BCUT2D eigenvalue weighted by atomic mass is 32.2. The smallest absolute Gasteiger partial charge is 0.263 e. The van der Waals surface area contributed by atoms with E-state index in [0.29, 0.717) is 0 Å². The van der Waals surface area contributed by atoms with Crippen molar-refractivity contribution in [1.82, 2.24) is 10.2 Å². The number of hydrogen-bond acceptors (Lipinski definition) is 4. The monoisotopic (exact) mass is 295 g/mol. The summed E-state index contributed by atoms with van der Waals surface area (Å²) in [5.41, 5.74) is 0.213. The number of nitrogens with zero attached hydrogens (tertiary/aromatic N) is 1. The molecule has 8 heteroatoms. The van der Waals surface area contributed by atoms with Gasteiger partial charge in [-0.2, -0.15) is 5.10 Å². The van der Waals surface area contributed by atoms with Crippen molar-refractivity contribution in [3.8, 4) is 11.8 Å². The lowest BCUT2D eigenvalue weighted by Crippen LogP contribution is -2.14. The highest BCUT2D eigenvalue weighted by Gasteiger charge is 2.19. The Labute approximate surface area is 114 Å². The van der Waals surface area contributed by atoms with E-state index in [4.69, 9.17) is 5.11 Å². The highest BCUT2D eigenvalue weighted by molar-refractivity contribution is 7.92. The average molecular weight is 295 g/mol. The summed E-state index contributed by atoms with van der Waals surface area (Å²) in [4.78, 5) is -0.180. The Bertz CT molecular complexity index is 761. The molecule has 1 heterocycles. The quantitative estimate of drug-likeness (QED) is 0.726. The Kier molecular flexibility index (Phi) is 4.02. The number of hydrogen-bond donors (Lipinski definition) is 3. The maximum atomic E-state index is 13.2. The van der Waals surface area contributed by atoms with E-state index < -0.39 is 22.4 Å². The minimum atomic E-state index is -3.92. The van der Waals surface area contributed by atoms with E-state index in [1.807, 2.05) is 0 Å². The molecule has 3 N–H and O–H groups in total. The van der Waals surface area contributed by atoms with Gasteiger partial charge in [-0.05, 0) is 18.2 Å².